The van der Waals surface area contributed by atoms with Crippen molar-refractivity contribution in [2.45, 2.75) is 43.8 Å². The Balaban J connectivity index is 1.39. The molecule has 1 N–H and O–H groups in total. The number of halogens is 3. The molecule has 2 aliphatic rings. The van der Waals surface area contributed by atoms with Crippen molar-refractivity contribution in [2.24, 2.45) is 0 Å². The summed E-state index contributed by atoms with van der Waals surface area (Å²) in [6.45, 7) is 0. The highest BCUT2D eigenvalue weighted by Gasteiger charge is 2.49. The van der Waals surface area contributed by atoms with Gasteiger partial charge >= 0.3 is 0 Å². The number of pyridine rings is 1. The van der Waals surface area contributed by atoms with Gasteiger partial charge in [0.25, 0.3) is 12.3 Å². The van der Waals surface area contributed by atoms with E-state index in [1.165, 1.54) is 36.7 Å². The number of carbonyl (C=O) groups excluding carboxylic acids is 1. The van der Waals surface area contributed by atoms with Gasteiger partial charge in [0.1, 0.15) is 11.5 Å². The molecule has 2 aliphatic heterocycles. The number of nitrogens with zero attached hydrogens (tertiary/aromatic N) is 5. The third kappa shape index (κ3) is 3.41. The van der Waals surface area contributed by atoms with Gasteiger partial charge in [0.05, 0.1) is 24.0 Å². The second kappa shape index (κ2) is 7.68. The maximum Gasteiger partial charge on any atom is 0.265 e. The van der Waals surface area contributed by atoms with Crippen LogP contribution >= 0.6 is 0 Å². The molecule has 31 heavy (non-hydrogen) atoms. The number of amides is 1. The summed E-state index contributed by atoms with van der Waals surface area (Å²) in [5, 5.41) is 11.2. The van der Waals surface area contributed by atoms with Crippen LogP contribution < -0.4 is 5.32 Å². The number of fused-ring (bicyclic) bond motifs is 2. The lowest BCUT2D eigenvalue weighted by Crippen LogP contribution is -2.40. The molecule has 5 rings (SSSR count). The first-order valence-electron chi connectivity index (χ1n) is 10.0. The molecule has 7 nitrogen and oxygen atoms in total. The molecule has 4 heterocycles. The SMILES string of the molecule is O=C(c1cccc(F)c1-n1nccn1)N1C2CCC1C(Nc1ccc(C(F)F)cn1)C2. The summed E-state index contributed by atoms with van der Waals surface area (Å²) in [4.78, 5) is 20.4. The molecule has 0 aliphatic carbocycles. The summed E-state index contributed by atoms with van der Waals surface area (Å²) in [7, 11) is 0. The minimum atomic E-state index is -2.57. The van der Waals surface area contributed by atoms with Gasteiger partial charge in [-0.05, 0) is 43.5 Å². The lowest BCUT2D eigenvalue weighted by atomic mass is 9.95. The molecule has 2 fully saturated rings. The lowest BCUT2D eigenvalue weighted by Gasteiger charge is -2.26. The number of rotatable bonds is 5. The third-order valence-corrected chi connectivity index (χ3v) is 5.98. The van der Waals surface area contributed by atoms with E-state index in [1.54, 1.807) is 11.0 Å². The summed E-state index contributed by atoms with van der Waals surface area (Å²) >= 11 is 0. The Kier molecular flexibility index (Phi) is 4.84. The van der Waals surface area contributed by atoms with Crippen molar-refractivity contribution in [1.29, 1.82) is 0 Å². The average molecular weight is 428 g/mol. The predicted molar refractivity (Wildman–Crippen MR) is 106 cm³/mol. The average Bonchev–Trinajstić information content (AvgIpc) is 3.50. The number of anilines is 1. The van der Waals surface area contributed by atoms with Crippen molar-refractivity contribution in [2.75, 3.05) is 5.32 Å². The minimum absolute atomic E-state index is 0.0111. The van der Waals surface area contributed by atoms with Gasteiger partial charge in [-0.1, -0.05) is 6.07 Å². The van der Waals surface area contributed by atoms with Gasteiger partial charge in [-0.3, -0.25) is 4.79 Å². The summed E-state index contributed by atoms with van der Waals surface area (Å²) in [6, 6.07) is 7.06. The number of alkyl halides is 2. The molecule has 2 bridgehead atoms. The molecule has 160 valence electrons. The molecule has 2 aromatic heterocycles. The molecular weight excluding hydrogens is 409 g/mol. The first-order valence-corrected chi connectivity index (χ1v) is 10.0. The van der Waals surface area contributed by atoms with E-state index < -0.39 is 12.2 Å². The van der Waals surface area contributed by atoms with Crippen molar-refractivity contribution in [3.63, 3.8) is 0 Å². The Morgan fingerprint density at radius 1 is 1.13 bits per heavy atom. The van der Waals surface area contributed by atoms with Crippen LogP contribution in [0.4, 0.5) is 19.0 Å². The summed E-state index contributed by atoms with van der Waals surface area (Å²) in [6.07, 6.45) is 3.80. The van der Waals surface area contributed by atoms with Crippen molar-refractivity contribution in [3.05, 3.63) is 65.9 Å². The molecule has 3 atom stereocenters. The number of benzene rings is 1. The summed E-state index contributed by atoms with van der Waals surface area (Å²) in [5.74, 6) is -0.363. The zero-order valence-corrected chi connectivity index (χ0v) is 16.3. The Morgan fingerprint density at radius 2 is 1.94 bits per heavy atom. The molecule has 10 heteroatoms. The second-order valence-corrected chi connectivity index (χ2v) is 7.73. The van der Waals surface area contributed by atoms with Crippen molar-refractivity contribution >= 4 is 11.7 Å². The Morgan fingerprint density at radius 3 is 2.65 bits per heavy atom. The lowest BCUT2D eigenvalue weighted by molar-refractivity contribution is 0.0726. The molecule has 3 aromatic rings. The molecule has 0 spiro atoms. The van der Waals surface area contributed by atoms with E-state index in [1.807, 2.05) is 0 Å². The number of aromatic nitrogens is 4. The number of hydrogen-bond donors (Lipinski definition) is 1. The monoisotopic (exact) mass is 428 g/mol. The van der Waals surface area contributed by atoms with Crippen LogP contribution in [-0.4, -0.2) is 48.9 Å². The van der Waals surface area contributed by atoms with Crippen LogP contribution in [0.25, 0.3) is 5.69 Å². The smallest absolute Gasteiger partial charge is 0.265 e. The third-order valence-electron chi connectivity index (χ3n) is 5.98. The largest absolute Gasteiger partial charge is 0.365 e. The minimum Gasteiger partial charge on any atom is -0.365 e. The number of nitrogens with one attached hydrogen (secondary N) is 1. The molecule has 2 saturated heterocycles. The summed E-state index contributed by atoms with van der Waals surface area (Å²) < 4.78 is 40.1. The van der Waals surface area contributed by atoms with E-state index in [4.69, 9.17) is 0 Å². The Bertz CT molecular complexity index is 1090. The molecule has 1 amide bonds. The van der Waals surface area contributed by atoms with Crippen molar-refractivity contribution in [3.8, 4) is 5.69 Å². The number of carbonyl (C=O) groups is 1. The highest BCUT2D eigenvalue weighted by atomic mass is 19.3. The zero-order valence-electron chi connectivity index (χ0n) is 16.3. The van der Waals surface area contributed by atoms with Crippen LogP contribution in [0.5, 0.6) is 0 Å². The van der Waals surface area contributed by atoms with Crippen LogP contribution in [0.15, 0.2) is 48.9 Å². The van der Waals surface area contributed by atoms with Gasteiger partial charge in [-0.2, -0.15) is 10.2 Å². The molecule has 0 radical (unpaired) electrons. The number of hydrogen-bond acceptors (Lipinski definition) is 5. The molecule has 3 unspecified atom stereocenters. The van der Waals surface area contributed by atoms with Crippen LogP contribution in [0, 0.1) is 5.82 Å². The Labute approximate surface area is 175 Å². The fraction of sp³-hybridized carbons (Fsp3) is 0.333. The van der Waals surface area contributed by atoms with E-state index in [0.717, 1.165) is 23.8 Å². The molecule has 1 aromatic carbocycles. The van der Waals surface area contributed by atoms with Crippen molar-refractivity contribution < 1.29 is 18.0 Å². The van der Waals surface area contributed by atoms with Crippen LogP contribution in [-0.2, 0) is 0 Å². The quantitative estimate of drug-likeness (QED) is 0.672. The van der Waals surface area contributed by atoms with E-state index in [2.05, 4.69) is 20.5 Å². The first-order chi connectivity index (χ1) is 15.0. The van der Waals surface area contributed by atoms with Crippen LogP contribution in [0.1, 0.15) is 41.6 Å². The first kappa shape index (κ1) is 19.5. The van der Waals surface area contributed by atoms with Gasteiger partial charge in [0.2, 0.25) is 0 Å². The van der Waals surface area contributed by atoms with E-state index >= 15 is 0 Å². The normalized spacial score (nSPS) is 22.3. The van der Waals surface area contributed by atoms with Gasteiger partial charge in [-0.15, -0.1) is 4.80 Å². The molecular formula is C21H19F3N6O. The maximum absolute atomic E-state index is 14.6. The van der Waals surface area contributed by atoms with Gasteiger partial charge < -0.3 is 10.2 Å². The molecule has 0 saturated carbocycles. The predicted octanol–water partition coefficient (Wildman–Crippen LogP) is 3.60. The van der Waals surface area contributed by atoms with Gasteiger partial charge in [-0.25, -0.2) is 18.2 Å². The highest BCUT2D eigenvalue weighted by molar-refractivity contribution is 5.98. The van der Waals surface area contributed by atoms with E-state index in [-0.39, 0.29) is 40.8 Å². The fourth-order valence-corrected chi connectivity index (χ4v) is 4.63. The maximum atomic E-state index is 14.6. The second-order valence-electron chi connectivity index (χ2n) is 7.73. The van der Waals surface area contributed by atoms with Gasteiger partial charge in [0.15, 0.2) is 5.82 Å². The Hall–Kier alpha value is -3.43. The summed E-state index contributed by atoms with van der Waals surface area (Å²) in [5.41, 5.74) is 0.0897. The van der Waals surface area contributed by atoms with Crippen LogP contribution in [0.2, 0.25) is 0 Å². The van der Waals surface area contributed by atoms with E-state index in [9.17, 15) is 18.0 Å². The zero-order chi connectivity index (χ0) is 21.5. The van der Waals surface area contributed by atoms with Gasteiger partial charge in [0, 0.05) is 23.8 Å². The van der Waals surface area contributed by atoms with Crippen molar-refractivity contribution in [1.82, 2.24) is 24.9 Å². The van der Waals surface area contributed by atoms with E-state index in [0.29, 0.717) is 12.2 Å². The number of para-hydroxylation sites is 1. The highest BCUT2D eigenvalue weighted by Crippen LogP contribution is 2.40. The topological polar surface area (TPSA) is 75.9 Å². The fourth-order valence-electron chi connectivity index (χ4n) is 4.63. The standard InChI is InChI=1S/C21H19F3N6O/c22-15-3-1-2-14(19(15)30-26-8-9-27-30)21(31)29-13-5-6-17(29)16(10-13)28-18-7-4-12(11-25-18)20(23)24/h1-4,7-9,11,13,16-17,20H,5-6,10H2,(H,25,28). The van der Waals surface area contributed by atoms with Crippen LogP contribution in [0.3, 0.4) is 0 Å².